The molecule has 6 nitrogen and oxygen atoms in total. The smallest absolute Gasteiger partial charge is 0.345 e. The molecule has 0 amide bonds. The summed E-state index contributed by atoms with van der Waals surface area (Å²) < 4.78 is 26.7. The van der Waals surface area contributed by atoms with Gasteiger partial charge < -0.3 is 20.7 Å². The van der Waals surface area contributed by atoms with Crippen molar-refractivity contribution in [3.05, 3.63) is 0 Å². The van der Waals surface area contributed by atoms with Crippen molar-refractivity contribution in [3.63, 3.8) is 0 Å². The molecule has 0 aromatic heterocycles. The third kappa shape index (κ3) is 69.3. The number of halogens is 2. The van der Waals surface area contributed by atoms with Crippen molar-refractivity contribution in [1.29, 1.82) is 0 Å². The largest absolute Gasteiger partial charge is 0.483 e. The molecule has 0 radical (unpaired) electrons. The normalized spacial score (nSPS) is 9.95. The molecule has 0 rings (SSSR count). The monoisotopic (exact) mass is 301 g/mol. The second-order valence-electron chi connectivity index (χ2n) is 4.81. The molecule has 20 heavy (non-hydrogen) atoms. The lowest BCUT2D eigenvalue weighted by Gasteiger charge is -2.06. The molecule has 0 bridgehead atoms. The van der Waals surface area contributed by atoms with Gasteiger partial charge in [0.15, 0.2) is 0 Å². The summed E-state index contributed by atoms with van der Waals surface area (Å²) in [5, 5.41) is 15.1. The van der Waals surface area contributed by atoms with Crippen LogP contribution in [-0.2, 0) is 14.3 Å². The Hall–Kier alpha value is -1.28. The summed E-state index contributed by atoms with van der Waals surface area (Å²) in [6.07, 6.45) is 1.70. The van der Waals surface area contributed by atoms with E-state index in [1.165, 1.54) is 0 Å². The zero-order valence-corrected chi connectivity index (χ0v) is 12.1. The number of unbranched alkanes of at least 4 members (excludes halogenated alkanes) is 2. The standard InChI is InChI=1S/C7H12F2O3.C4H11N.CH2O2/c8-7(9)12-5-3-1-2-4-6(10)11;1-4(2,3)5;2-1-3/h7H,1-5H2,(H,10,11);5H2,1-3H3;1H,(H,2,3). The highest BCUT2D eigenvalue weighted by molar-refractivity contribution is 5.66. The Morgan fingerprint density at radius 1 is 1.30 bits per heavy atom. The van der Waals surface area contributed by atoms with Crippen LogP contribution < -0.4 is 5.73 Å². The molecule has 0 heterocycles. The first-order valence-corrected chi connectivity index (χ1v) is 6.02. The van der Waals surface area contributed by atoms with Crippen LogP contribution in [0.25, 0.3) is 0 Å². The number of carboxylic acids is 1. The number of aliphatic carboxylic acids is 1. The highest BCUT2D eigenvalue weighted by atomic mass is 19.3. The zero-order chi connectivity index (χ0) is 16.6. The quantitative estimate of drug-likeness (QED) is 0.491. The first kappa shape index (κ1) is 23.8. The summed E-state index contributed by atoms with van der Waals surface area (Å²) in [4.78, 5) is 18.4. The first-order valence-electron chi connectivity index (χ1n) is 6.02. The molecular formula is C12H25F2NO5. The number of nitrogens with two attached hydrogens (primary N) is 1. The number of carboxylic acid groups (broad SMARTS) is 2. The Bertz CT molecular complexity index is 226. The molecule has 0 aliphatic rings. The van der Waals surface area contributed by atoms with E-state index in [-0.39, 0.29) is 25.0 Å². The second-order valence-corrected chi connectivity index (χ2v) is 4.81. The van der Waals surface area contributed by atoms with E-state index in [0.717, 1.165) is 0 Å². The summed E-state index contributed by atoms with van der Waals surface area (Å²) >= 11 is 0. The Morgan fingerprint density at radius 3 is 2.00 bits per heavy atom. The summed E-state index contributed by atoms with van der Waals surface area (Å²) in [6.45, 7) is 2.93. The molecule has 0 aliphatic heterocycles. The van der Waals surface area contributed by atoms with Gasteiger partial charge in [-0.15, -0.1) is 0 Å². The number of hydrogen-bond acceptors (Lipinski definition) is 4. The Kier molecular flexibility index (Phi) is 18.8. The minimum atomic E-state index is -2.72. The minimum absolute atomic E-state index is 0. The Morgan fingerprint density at radius 2 is 1.70 bits per heavy atom. The van der Waals surface area contributed by atoms with Crippen molar-refractivity contribution < 1.29 is 33.3 Å². The molecule has 0 fully saturated rings. The average molecular weight is 301 g/mol. The minimum Gasteiger partial charge on any atom is -0.483 e. The number of carbonyl (C=O) groups is 2. The van der Waals surface area contributed by atoms with Crippen LogP contribution in [0.2, 0.25) is 0 Å². The molecule has 0 saturated carbocycles. The van der Waals surface area contributed by atoms with Crippen molar-refractivity contribution >= 4 is 12.4 Å². The van der Waals surface area contributed by atoms with E-state index in [9.17, 15) is 13.6 Å². The van der Waals surface area contributed by atoms with E-state index in [1.54, 1.807) is 0 Å². The second kappa shape index (κ2) is 15.8. The van der Waals surface area contributed by atoms with Crippen molar-refractivity contribution in [2.45, 2.75) is 58.6 Å². The topological polar surface area (TPSA) is 110 Å². The van der Waals surface area contributed by atoms with Crippen LogP contribution in [0.1, 0.15) is 46.5 Å². The maximum absolute atomic E-state index is 11.4. The van der Waals surface area contributed by atoms with Gasteiger partial charge in [-0.2, -0.15) is 8.78 Å². The van der Waals surface area contributed by atoms with Gasteiger partial charge in [0.1, 0.15) is 0 Å². The van der Waals surface area contributed by atoms with Crippen LogP contribution in [0, 0.1) is 0 Å². The predicted octanol–water partition coefficient (Wildman–Crippen LogP) is 2.31. The lowest BCUT2D eigenvalue weighted by molar-refractivity contribution is -0.137. The zero-order valence-electron chi connectivity index (χ0n) is 12.1. The average Bonchev–Trinajstić information content (AvgIpc) is 2.21. The third-order valence-electron chi connectivity index (χ3n) is 1.28. The van der Waals surface area contributed by atoms with E-state index >= 15 is 0 Å². The van der Waals surface area contributed by atoms with Crippen LogP contribution in [0.15, 0.2) is 0 Å². The van der Waals surface area contributed by atoms with Crippen LogP contribution in [-0.4, -0.2) is 41.4 Å². The van der Waals surface area contributed by atoms with Crippen molar-refractivity contribution in [2.24, 2.45) is 5.73 Å². The highest BCUT2D eigenvalue weighted by Crippen LogP contribution is 2.02. The number of rotatable bonds is 7. The molecule has 122 valence electrons. The van der Waals surface area contributed by atoms with Gasteiger partial charge in [0.2, 0.25) is 0 Å². The van der Waals surface area contributed by atoms with Crippen LogP contribution >= 0.6 is 0 Å². The molecule has 0 spiro atoms. The van der Waals surface area contributed by atoms with Gasteiger partial charge in [0, 0.05) is 12.0 Å². The summed E-state index contributed by atoms with van der Waals surface area (Å²) in [7, 11) is 0. The van der Waals surface area contributed by atoms with E-state index in [2.05, 4.69) is 4.74 Å². The van der Waals surface area contributed by atoms with Crippen LogP contribution in [0.4, 0.5) is 8.78 Å². The lowest BCUT2D eigenvalue weighted by Crippen LogP contribution is -2.26. The Balaban J connectivity index is -0.000000299. The number of alkyl halides is 2. The summed E-state index contributed by atoms with van der Waals surface area (Å²) in [5.74, 6) is -0.857. The number of ether oxygens (including phenoxy) is 1. The molecule has 0 aromatic rings. The van der Waals surface area contributed by atoms with Gasteiger partial charge in [-0.25, -0.2) is 0 Å². The van der Waals surface area contributed by atoms with Crippen molar-refractivity contribution in [2.75, 3.05) is 6.61 Å². The SMILES string of the molecule is CC(C)(C)N.O=C(O)CCCCCOC(F)F.O=CO. The molecular weight excluding hydrogens is 276 g/mol. The maximum atomic E-state index is 11.4. The number of hydrogen-bond donors (Lipinski definition) is 3. The molecule has 0 aromatic carbocycles. The van der Waals surface area contributed by atoms with Gasteiger partial charge in [0.25, 0.3) is 6.47 Å². The van der Waals surface area contributed by atoms with Gasteiger partial charge in [-0.05, 0) is 33.6 Å². The summed E-state index contributed by atoms with van der Waals surface area (Å²) in [5.41, 5.74) is 5.35. The van der Waals surface area contributed by atoms with Gasteiger partial charge in [0.05, 0.1) is 6.61 Å². The van der Waals surface area contributed by atoms with Gasteiger partial charge in [-0.1, -0.05) is 6.42 Å². The molecule has 0 unspecified atom stereocenters. The van der Waals surface area contributed by atoms with Crippen LogP contribution in [0.3, 0.4) is 0 Å². The molecule has 0 aliphatic carbocycles. The molecule has 8 heteroatoms. The highest BCUT2D eigenvalue weighted by Gasteiger charge is 2.00. The van der Waals surface area contributed by atoms with Gasteiger partial charge in [-0.3, -0.25) is 9.59 Å². The van der Waals surface area contributed by atoms with E-state index in [1.807, 2.05) is 20.8 Å². The van der Waals surface area contributed by atoms with Gasteiger partial charge >= 0.3 is 12.6 Å². The van der Waals surface area contributed by atoms with E-state index in [0.29, 0.717) is 19.3 Å². The fourth-order valence-corrected chi connectivity index (χ4v) is 0.727. The third-order valence-corrected chi connectivity index (χ3v) is 1.28. The predicted molar refractivity (Wildman–Crippen MR) is 70.7 cm³/mol. The lowest BCUT2D eigenvalue weighted by atomic mass is 10.1. The first-order chi connectivity index (χ1) is 9.04. The maximum Gasteiger partial charge on any atom is 0.345 e. The van der Waals surface area contributed by atoms with Crippen molar-refractivity contribution in [3.8, 4) is 0 Å². The fraction of sp³-hybridized carbons (Fsp3) is 0.833. The fourth-order valence-electron chi connectivity index (χ4n) is 0.727. The molecule has 0 atom stereocenters. The molecule has 4 N–H and O–H groups in total. The van der Waals surface area contributed by atoms with Crippen molar-refractivity contribution in [1.82, 2.24) is 0 Å². The Labute approximate surface area is 117 Å². The molecule has 0 saturated heterocycles. The van der Waals surface area contributed by atoms with Crippen LogP contribution in [0.5, 0.6) is 0 Å². The summed E-state index contributed by atoms with van der Waals surface area (Å²) in [6, 6.07) is 0. The van der Waals surface area contributed by atoms with E-state index in [4.69, 9.17) is 20.7 Å². The van der Waals surface area contributed by atoms with E-state index < -0.39 is 12.6 Å².